The lowest BCUT2D eigenvalue weighted by molar-refractivity contribution is 0.0782. The molecule has 0 saturated carbocycles. The number of hydrogen-bond donors (Lipinski definition) is 2. The first-order valence-corrected chi connectivity index (χ1v) is 8.33. The number of ether oxygens (including phenoxy) is 1. The van der Waals surface area contributed by atoms with Crippen LogP contribution in [0.1, 0.15) is 39.5 Å². The van der Waals surface area contributed by atoms with Crippen LogP contribution in [0.2, 0.25) is 0 Å². The zero-order valence-electron chi connectivity index (χ0n) is 14.6. The minimum atomic E-state index is -0.871. The second-order valence-electron chi connectivity index (χ2n) is 6.18. The minimum absolute atomic E-state index is 0.0400. The third kappa shape index (κ3) is 3.87. The number of carbonyl (C=O) groups is 2. The Morgan fingerprint density at radius 3 is 2.74 bits per heavy atom. The van der Waals surface area contributed by atoms with Gasteiger partial charge in [-0.05, 0) is 24.1 Å². The van der Waals surface area contributed by atoms with Crippen molar-refractivity contribution in [1.29, 1.82) is 0 Å². The van der Waals surface area contributed by atoms with Crippen LogP contribution in [0.3, 0.4) is 0 Å². The Hall–Kier alpha value is -3.07. The monoisotopic (exact) mass is 375 g/mol. The largest absolute Gasteiger partial charge is 0.501 e. The summed E-state index contributed by atoms with van der Waals surface area (Å²) in [7, 11) is 1.47. The zero-order valence-corrected chi connectivity index (χ0v) is 14.6. The summed E-state index contributed by atoms with van der Waals surface area (Å²) in [5.74, 6) is -2.63. The van der Waals surface area contributed by atoms with Gasteiger partial charge in [-0.2, -0.15) is 0 Å². The van der Waals surface area contributed by atoms with Crippen molar-refractivity contribution in [3.05, 3.63) is 57.5 Å². The summed E-state index contributed by atoms with van der Waals surface area (Å²) < 4.78 is 19.2. The first kappa shape index (κ1) is 18.7. The maximum Gasteiger partial charge on any atom is 0.296 e. The fourth-order valence-corrected chi connectivity index (χ4v) is 2.84. The fourth-order valence-electron chi connectivity index (χ4n) is 2.84. The van der Waals surface area contributed by atoms with E-state index in [1.807, 2.05) is 0 Å². The van der Waals surface area contributed by atoms with Crippen LogP contribution in [-0.4, -0.2) is 39.6 Å². The van der Waals surface area contributed by atoms with Crippen molar-refractivity contribution in [2.24, 2.45) is 0 Å². The number of Topliss-reactive ketones (excluding diaryl/α,β-unsaturated/α-hetero) is 1. The van der Waals surface area contributed by atoms with E-state index in [0.717, 1.165) is 4.57 Å². The van der Waals surface area contributed by atoms with E-state index in [4.69, 9.17) is 4.74 Å². The molecule has 2 heterocycles. The highest BCUT2D eigenvalue weighted by atomic mass is 19.1. The van der Waals surface area contributed by atoms with Gasteiger partial charge in [0.1, 0.15) is 5.82 Å². The van der Waals surface area contributed by atoms with Gasteiger partial charge in [0, 0.05) is 20.1 Å². The van der Waals surface area contributed by atoms with Gasteiger partial charge in [0.2, 0.25) is 5.75 Å². The van der Waals surface area contributed by atoms with Crippen molar-refractivity contribution < 1.29 is 23.8 Å². The Labute approximate surface area is 153 Å². The molecule has 9 heteroatoms. The average molecular weight is 375 g/mol. The zero-order chi connectivity index (χ0) is 19.6. The number of rotatable bonds is 4. The number of hydrogen-bond acceptors (Lipinski definition) is 6. The predicted octanol–water partition coefficient (Wildman–Crippen LogP) is 1.01. The average Bonchev–Trinajstić information content (AvgIpc) is 2.83. The molecule has 0 radical (unpaired) electrons. The van der Waals surface area contributed by atoms with E-state index >= 15 is 0 Å². The summed E-state index contributed by atoms with van der Waals surface area (Å²) in [5, 5.41) is 12.6. The molecule has 1 aromatic carbocycles. The molecule has 0 spiro atoms. The van der Waals surface area contributed by atoms with Crippen LogP contribution in [0.5, 0.6) is 5.75 Å². The van der Waals surface area contributed by atoms with E-state index in [9.17, 15) is 23.9 Å². The number of benzene rings is 1. The minimum Gasteiger partial charge on any atom is -0.501 e. The Bertz CT molecular complexity index is 939. The molecule has 3 rings (SSSR count). The van der Waals surface area contributed by atoms with Crippen LogP contribution in [0, 0.1) is 5.82 Å². The second kappa shape index (κ2) is 7.67. The summed E-state index contributed by atoms with van der Waals surface area (Å²) in [4.78, 5) is 41.1. The lowest BCUT2D eigenvalue weighted by atomic mass is 10.1. The second-order valence-corrected chi connectivity index (χ2v) is 6.18. The van der Waals surface area contributed by atoms with Crippen molar-refractivity contribution in [1.82, 2.24) is 14.9 Å². The van der Waals surface area contributed by atoms with Crippen molar-refractivity contribution in [2.45, 2.75) is 32.0 Å². The number of nitrogens with one attached hydrogen (secondary N) is 1. The SMILES string of the molecule is CO[C@H]1CCC(=O)c2nc(C(=O)NCc3ccc(F)cc3)c(O)c(=O)n2C1. The summed E-state index contributed by atoms with van der Waals surface area (Å²) in [6.45, 7) is 0.104. The molecule has 27 heavy (non-hydrogen) atoms. The summed E-state index contributed by atoms with van der Waals surface area (Å²) >= 11 is 0. The number of halogens is 1. The van der Waals surface area contributed by atoms with Crippen molar-refractivity contribution in [3.8, 4) is 5.75 Å². The smallest absolute Gasteiger partial charge is 0.296 e. The molecule has 1 aliphatic rings. The lowest BCUT2D eigenvalue weighted by Gasteiger charge is -2.15. The molecule has 8 nitrogen and oxygen atoms in total. The Balaban J connectivity index is 1.89. The molecule has 0 aliphatic carbocycles. The van der Waals surface area contributed by atoms with Gasteiger partial charge in [-0.3, -0.25) is 19.0 Å². The summed E-state index contributed by atoms with van der Waals surface area (Å²) in [6, 6.07) is 5.47. The third-order valence-electron chi connectivity index (χ3n) is 4.39. The van der Waals surface area contributed by atoms with Gasteiger partial charge in [-0.25, -0.2) is 9.37 Å². The number of carbonyl (C=O) groups excluding carboxylic acids is 2. The normalized spacial score (nSPS) is 16.5. The molecule has 1 aliphatic heterocycles. The third-order valence-corrected chi connectivity index (χ3v) is 4.39. The standard InChI is InChI=1S/C18H18FN3O5/c1-27-12-6-7-13(23)16-21-14(15(24)18(26)22(16)9-12)17(25)20-8-10-2-4-11(19)5-3-10/h2-5,12,24H,6-9H2,1H3,(H,20,25)/t12-/m0/s1. The number of fused-ring (bicyclic) bond motifs is 1. The molecular formula is C18H18FN3O5. The van der Waals surface area contributed by atoms with Gasteiger partial charge >= 0.3 is 0 Å². The van der Waals surface area contributed by atoms with Crippen molar-refractivity contribution in [3.63, 3.8) is 0 Å². The van der Waals surface area contributed by atoms with E-state index in [2.05, 4.69) is 10.3 Å². The maximum atomic E-state index is 12.9. The van der Waals surface area contributed by atoms with Crippen LogP contribution in [0.25, 0.3) is 0 Å². The number of nitrogens with zero attached hydrogens (tertiary/aromatic N) is 2. The first-order valence-electron chi connectivity index (χ1n) is 8.33. The lowest BCUT2D eigenvalue weighted by Crippen LogP contribution is -2.33. The highest BCUT2D eigenvalue weighted by molar-refractivity contribution is 5.97. The topological polar surface area (TPSA) is 111 Å². The van der Waals surface area contributed by atoms with E-state index < -0.39 is 34.5 Å². The summed E-state index contributed by atoms with van der Waals surface area (Å²) in [6.07, 6.45) is 0.157. The van der Waals surface area contributed by atoms with E-state index in [0.29, 0.717) is 12.0 Å². The van der Waals surface area contributed by atoms with Gasteiger partial charge in [-0.1, -0.05) is 12.1 Å². The van der Waals surface area contributed by atoms with Crippen molar-refractivity contribution in [2.75, 3.05) is 7.11 Å². The quantitative estimate of drug-likeness (QED) is 0.825. The fraction of sp³-hybridized carbons (Fsp3) is 0.333. The van der Waals surface area contributed by atoms with Gasteiger partial charge < -0.3 is 15.2 Å². The predicted molar refractivity (Wildman–Crippen MR) is 92.1 cm³/mol. The molecule has 1 aromatic heterocycles. The number of aromatic hydroxyl groups is 1. The molecule has 2 aromatic rings. The van der Waals surface area contributed by atoms with Gasteiger partial charge in [0.25, 0.3) is 11.5 Å². The molecule has 0 saturated heterocycles. The molecule has 1 atom stereocenters. The Kier molecular flexibility index (Phi) is 5.31. The molecular weight excluding hydrogens is 357 g/mol. The van der Waals surface area contributed by atoms with Gasteiger partial charge in [-0.15, -0.1) is 0 Å². The molecule has 0 unspecified atom stereocenters. The molecule has 1 amide bonds. The summed E-state index contributed by atoms with van der Waals surface area (Å²) in [5.41, 5.74) is -0.767. The molecule has 0 bridgehead atoms. The molecule has 0 fully saturated rings. The van der Waals surface area contributed by atoms with Crippen molar-refractivity contribution >= 4 is 11.7 Å². The highest BCUT2D eigenvalue weighted by Crippen LogP contribution is 2.18. The van der Waals surface area contributed by atoms with Crippen LogP contribution in [0.4, 0.5) is 4.39 Å². The maximum absolute atomic E-state index is 12.9. The van der Waals surface area contributed by atoms with Gasteiger partial charge in [0.15, 0.2) is 17.3 Å². The first-order chi connectivity index (χ1) is 12.9. The molecule has 2 N–H and O–H groups in total. The van der Waals surface area contributed by atoms with Gasteiger partial charge in [0.05, 0.1) is 12.6 Å². The Morgan fingerprint density at radius 2 is 2.07 bits per heavy atom. The highest BCUT2D eigenvalue weighted by Gasteiger charge is 2.28. The van der Waals surface area contributed by atoms with Crippen LogP contribution < -0.4 is 10.9 Å². The van der Waals surface area contributed by atoms with E-state index in [1.165, 1.54) is 31.4 Å². The van der Waals surface area contributed by atoms with Crippen LogP contribution in [0.15, 0.2) is 29.1 Å². The molecule has 142 valence electrons. The number of amides is 1. The van der Waals surface area contributed by atoms with Crippen LogP contribution >= 0.6 is 0 Å². The van der Waals surface area contributed by atoms with E-state index in [1.54, 1.807) is 0 Å². The van der Waals surface area contributed by atoms with E-state index in [-0.39, 0.29) is 31.4 Å². The number of aromatic nitrogens is 2. The van der Waals surface area contributed by atoms with Crippen LogP contribution in [-0.2, 0) is 17.8 Å². The number of ketones is 1. The Morgan fingerprint density at radius 1 is 1.37 bits per heavy atom. The number of methoxy groups -OCH3 is 1.